The van der Waals surface area contributed by atoms with Crippen molar-refractivity contribution in [1.82, 2.24) is 10.3 Å². The lowest BCUT2D eigenvalue weighted by molar-refractivity contribution is 0.0938. The molecule has 2 N–H and O–H groups in total. The van der Waals surface area contributed by atoms with Crippen LogP contribution >= 0.6 is 23.2 Å². The maximum atomic E-state index is 14.5. The first-order valence-corrected chi connectivity index (χ1v) is 10.8. The molecule has 1 aromatic heterocycles. The average molecular weight is 459 g/mol. The Morgan fingerprint density at radius 1 is 1.10 bits per heavy atom. The van der Waals surface area contributed by atoms with Crippen molar-refractivity contribution < 1.29 is 22.0 Å². The molecule has 2 aromatic carbocycles. The highest BCUT2D eigenvalue weighted by molar-refractivity contribution is 7.90. The molecule has 1 unspecified atom stereocenters. The highest BCUT2D eigenvalue weighted by atomic mass is 35.5. The van der Waals surface area contributed by atoms with Gasteiger partial charge in [-0.3, -0.25) is 4.79 Å². The van der Waals surface area contributed by atoms with Crippen LogP contribution in [0.5, 0.6) is 0 Å². The van der Waals surface area contributed by atoms with E-state index in [4.69, 9.17) is 23.2 Å². The van der Waals surface area contributed by atoms with E-state index in [9.17, 15) is 22.0 Å². The number of amides is 1. The Balaban J connectivity index is 2.08. The second kappa shape index (κ2) is 8.14. The van der Waals surface area contributed by atoms with Crippen LogP contribution in [0.3, 0.4) is 0 Å². The third-order valence-corrected chi connectivity index (χ3v) is 5.94. The van der Waals surface area contributed by atoms with Gasteiger partial charge in [0, 0.05) is 17.9 Å². The molecule has 0 aliphatic rings. The molecule has 1 amide bonds. The third-order valence-electron chi connectivity index (χ3n) is 4.14. The maximum absolute atomic E-state index is 14.5. The zero-order valence-corrected chi connectivity index (χ0v) is 17.2. The van der Waals surface area contributed by atoms with E-state index in [2.05, 4.69) is 10.3 Å². The van der Waals surface area contributed by atoms with Gasteiger partial charge in [-0.2, -0.15) is 0 Å². The van der Waals surface area contributed by atoms with E-state index in [0.29, 0.717) is 6.07 Å². The van der Waals surface area contributed by atoms with E-state index in [1.165, 1.54) is 36.4 Å². The molecule has 0 aliphatic heterocycles. The molecule has 0 saturated heterocycles. The minimum absolute atomic E-state index is 0.0114. The number of aromatic nitrogens is 1. The predicted molar refractivity (Wildman–Crippen MR) is 106 cm³/mol. The third kappa shape index (κ3) is 4.77. The molecule has 0 bridgehead atoms. The van der Waals surface area contributed by atoms with E-state index in [1.54, 1.807) is 0 Å². The summed E-state index contributed by atoms with van der Waals surface area (Å²) in [5, 5.41) is 2.78. The van der Waals surface area contributed by atoms with Gasteiger partial charge >= 0.3 is 0 Å². The first kappa shape index (κ1) is 21.3. The average Bonchev–Trinajstić information content (AvgIpc) is 2.98. The van der Waals surface area contributed by atoms with Crippen LogP contribution in [0.4, 0.5) is 8.78 Å². The van der Waals surface area contributed by atoms with Crippen LogP contribution in [0.2, 0.25) is 10.2 Å². The van der Waals surface area contributed by atoms with Gasteiger partial charge in [0.25, 0.3) is 5.91 Å². The van der Waals surface area contributed by atoms with Gasteiger partial charge in [-0.25, -0.2) is 17.2 Å². The molecular formula is C19H14Cl2F2N2O3S. The van der Waals surface area contributed by atoms with Crippen LogP contribution in [0.15, 0.2) is 53.4 Å². The molecule has 0 saturated carbocycles. The molecule has 5 nitrogen and oxygen atoms in total. The monoisotopic (exact) mass is 458 g/mol. The van der Waals surface area contributed by atoms with Gasteiger partial charge in [0.2, 0.25) is 0 Å². The first-order valence-electron chi connectivity index (χ1n) is 8.16. The SMILES string of the molecule is CS(=O)(=O)c1cccc(C(NC(=O)c2cc(Cl)c(Cl)[nH]2)c2ccc(F)cc2F)c1. The number of carbonyl (C=O) groups excluding carboxylic acids is 1. The van der Waals surface area contributed by atoms with Gasteiger partial charge in [-0.1, -0.05) is 41.4 Å². The number of aromatic amines is 1. The van der Waals surface area contributed by atoms with E-state index < -0.39 is 33.4 Å². The largest absolute Gasteiger partial charge is 0.340 e. The highest BCUT2D eigenvalue weighted by Crippen LogP contribution is 2.28. The van der Waals surface area contributed by atoms with Crippen molar-refractivity contribution in [2.75, 3.05) is 6.26 Å². The summed E-state index contributed by atoms with van der Waals surface area (Å²) in [4.78, 5) is 15.2. The van der Waals surface area contributed by atoms with E-state index in [-0.39, 0.29) is 31.9 Å². The number of hydrogen-bond donors (Lipinski definition) is 2. The quantitative estimate of drug-likeness (QED) is 0.589. The van der Waals surface area contributed by atoms with Crippen molar-refractivity contribution in [1.29, 1.82) is 0 Å². The Bertz CT molecular complexity index is 1180. The lowest BCUT2D eigenvalue weighted by Gasteiger charge is -2.21. The van der Waals surface area contributed by atoms with Gasteiger partial charge in [0.1, 0.15) is 22.5 Å². The Labute approximate surface area is 175 Å². The zero-order chi connectivity index (χ0) is 21.3. The van der Waals surface area contributed by atoms with Crippen molar-refractivity contribution in [3.05, 3.63) is 87.2 Å². The van der Waals surface area contributed by atoms with Gasteiger partial charge in [-0.15, -0.1) is 0 Å². The first-order chi connectivity index (χ1) is 13.6. The van der Waals surface area contributed by atoms with Crippen LogP contribution in [-0.2, 0) is 9.84 Å². The number of H-pyrrole nitrogens is 1. The number of carbonyl (C=O) groups is 1. The zero-order valence-electron chi connectivity index (χ0n) is 14.8. The van der Waals surface area contributed by atoms with Gasteiger partial charge in [-0.05, 0) is 29.8 Å². The van der Waals surface area contributed by atoms with Crippen LogP contribution in [-0.4, -0.2) is 25.6 Å². The molecule has 0 fully saturated rings. The second-order valence-electron chi connectivity index (χ2n) is 6.26. The number of benzene rings is 2. The smallest absolute Gasteiger partial charge is 0.268 e. The van der Waals surface area contributed by atoms with Crippen molar-refractivity contribution in [2.24, 2.45) is 0 Å². The maximum Gasteiger partial charge on any atom is 0.268 e. The van der Waals surface area contributed by atoms with Gasteiger partial charge in [0.15, 0.2) is 9.84 Å². The molecule has 3 aromatic rings. The Hall–Kier alpha value is -2.42. The molecule has 1 atom stereocenters. The second-order valence-corrected chi connectivity index (χ2v) is 9.06. The molecule has 0 spiro atoms. The Morgan fingerprint density at radius 3 is 2.41 bits per heavy atom. The molecule has 0 radical (unpaired) electrons. The summed E-state index contributed by atoms with van der Waals surface area (Å²) in [7, 11) is -3.55. The van der Waals surface area contributed by atoms with Crippen molar-refractivity contribution >= 4 is 38.9 Å². The van der Waals surface area contributed by atoms with Crippen LogP contribution in [0.1, 0.15) is 27.7 Å². The van der Waals surface area contributed by atoms with E-state index in [1.807, 2.05) is 0 Å². The summed E-state index contributed by atoms with van der Waals surface area (Å²) in [6, 6.07) is 8.78. The minimum atomic E-state index is -3.55. The summed E-state index contributed by atoms with van der Waals surface area (Å²) < 4.78 is 51.6. The fourth-order valence-corrected chi connectivity index (χ4v) is 3.72. The van der Waals surface area contributed by atoms with E-state index in [0.717, 1.165) is 12.3 Å². The topological polar surface area (TPSA) is 79.0 Å². The van der Waals surface area contributed by atoms with Crippen molar-refractivity contribution in [3.8, 4) is 0 Å². The molecule has 1 heterocycles. The number of sulfone groups is 1. The molecule has 3 rings (SSSR count). The number of halogens is 4. The number of hydrogen-bond acceptors (Lipinski definition) is 3. The summed E-state index contributed by atoms with van der Waals surface area (Å²) in [6.45, 7) is 0. The summed E-state index contributed by atoms with van der Waals surface area (Å²) >= 11 is 11.7. The van der Waals surface area contributed by atoms with Gasteiger partial charge in [0.05, 0.1) is 16.0 Å². The molecule has 152 valence electrons. The van der Waals surface area contributed by atoms with Crippen molar-refractivity contribution in [2.45, 2.75) is 10.9 Å². The number of nitrogens with one attached hydrogen (secondary N) is 2. The normalized spacial score (nSPS) is 12.6. The summed E-state index contributed by atoms with van der Waals surface area (Å²) in [6.07, 6.45) is 1.03. The number of rotatable bonds is 5. The lowest BCUT2D eigenvalue weighted by atomic mass is 9.98. The standard InChI is InChI=1S/C19H14Cl2F2N2O3S/c1-29(27,28)12-4-2-3-10(7-12)17(13-6-5-11(22)8-15(13)23)25-19(26)16-9-14(20)18(21)24-16/h2-9,17,24H,1H3,(H,25,26). The fourth-order valence-electron chi connectivity index (χ4n) is 2.74. The molecule has 10 heteroatoms. The van der Waals surface area contributed by atoms with E-state index >= 15 is 0 Å². The van der Waals surface area contributed by atoms with Crippen molar-refractivity contribution in [3.63, 3.8) is 0 Å². The lowest BCUT2D eigenvalue weighted by Crippen LogP contribution is -2.30. The van der Waals surface area contributed by atoms with Crippen LogP contribution in [0, 0.1) is 11.6 Å². The highest BCUT2D eigenvalue weighted by Gasteiger charge is 2.24. The molecule has 0 aliphatic carbocycles. The van der Waals surface area contributed by atoms with Crippen LogP contribution < -0.4 is 5.32 Å². The molecule has 29 heavy (non-hydrogen) atoms. The van der Waals surface area contributed by atoms with Crippen LogP contribution in [0.25, 0.3) is 0 Å². The fraction of sp³-hybridized carbons (Fsp3) is 0.105. The minimum Gasteiger partial charge on any atom is -0.340 e. The van der Waals surface area contributed by atoms with Gasteiger partial charge < -0.3 is 10.3 Å². The Kier molecular flexibility index (Phi) is 5.97. The summed E-state index contributed by atoms with van der Waals surface area (Å²) in [5.41, 5.74) is 0.261. The molecular weight excluding hydrogens is 445 g/mol. The summed E-state index contributed by atoms with van der Waals surface area (Å²) in [5.74, 6) is -2.36. The predicted octanol–water partition coefficient (Wildman–Crippen LogP) is 4.52. The Morgan fingerprint density at radius 2 is 1.83 bits per heavy atom.